The molecule has 31 heavy (non-hydrogen) atoms. The van der Waals surface area contributed by atoms with Crippen LogP contribution in [0.25, 0.3) is 10.2 Å². The standard InChI is InChI=1S/C20H21N3O5S3/c1-3-28-13-6-7-15-16(11-13)30-19(21-15)31(26,27)22-18(25)20(2)8-9-23(20)17(24)12-14-5-4-10-29-14/h4-7,10-11H,3,8-9,12H2,1-2H3,(H,22,25). The Bertz CT molecular complexity index is 1240. The maximum Gasteiger partial charge on any atom is 0.291 e. The zero-order valence-corrected chi connectivity index (χ0v) is 19.4. The Hall–Kier alpha value is -2.50. The Morgan fingerprint density at radius 1 is 1.32 bits per heavy atom. The Kier molecular flexibility index (Phi) is 5.75. The molecule has 4 rings (SSSR count). The van der Waals surface area contributed by atoms with Gasteiger partial charge in [-0.1, -0.05) is 6.07 Å². The number of carbonyl (C=O) groups excluding carboxylic acids is 2. The summed E-state index contributed by atoms with van der Waals surface area (Å²) < 4.78 is 33.6. The lowest BCUT2D eigenvalue weighted by atomic mass is 9.85. The molecule has 2 aromatic heterocycles. The number of aromatic nitrogens is 1. The molecule has 3 heterocycles. The van der Waals surface area contributed by atoms with Crippen molar-refractivity contribution in [2.45, 2.75) is 36.6 Å². The van der Waals surface area contributed by atoms with E-state index >= 15 is 0 Å². The molecule has 1 N–H and O–H groups in total. The van der Waals surface area contributed by atoms with Crippen molar-refractivity contribution in [3.05, 3.63) is 40.6 Å². The molecular weight excluding hydrogens is 458 g/mol. The van der Waals surface area contributed by atoms with Gasteiger partial charge in [0.15, 0.2) is 0 Å². The highest BCUT2D eigenvalue weighted by atomic mass is 32.2. The molecule has 1 aromatic carbocycles. The van der Waals surface area contributed by atoms with Gasteiger partial charge in [0.1, 0.15) is 11.3 Å². The van der Waals surface area contributed by atoms with Crippen LogP contribution in [0.5, 0.6) is 5.75 Å². The number of likely N-dealkylation sites (tertiary alicyclic amines) is 1. The van der Waals surface area contributed by atoms with Crippen molar-refractivity contribution in [1.29, 1.82) is 0 Å². The second kappa shape index (κ2) is 8.21. The Morgan fingerprint density at radius 3 is 2.77 bits per heavy atom. The van der Waals surface area contributed by atoms with Gasteiger partial charge in [-0.3, -0.25) is 9.59 Å². The molecule has 1 unspecified atom stereocenters. The van der Waals surface area contributed by atoms with E-state index in [9.17, 15) is 18.0 Å². The van der Waals surface area contributed by atoms with Crippen LogP contribution in [-0.2, 0) is 26.0 Å². The SMILES string of the molecule is CCOc1ccc2nc(S(=O)(=O)NC(=O)C3(C)CCN3C(=O)Cc3cccs3)sc2c1. The van der Waals surface area contributed by atoms with Crippen LogP contribution >= 0.6 is 22.7 Å². The predicted molar refractivity (Wildman–Crippen MR) is 119 cm³/mol. The lowest BCUT2D eigenvalue weighted by molar-refractivity contribution is -0.156. The molecule has 0 aliphatic carbocycles. The third kappa shape index (κ3) is 4.17. The lowest BCUT2D eigenvalue weighted by Crippen LogP contribution is -2.68. The van der Waals surface area contributed by atoms with Crippen molar-refractivity contribution in [2.75, 3.05) is 13.2 Å². The fourth-order valence-corrected chi connectivity index (χ4v) is 6.41. The van der Waals surface area contributed by atoms with Crippen LogP contribution in [0.1, 0.15) is 25.1 Å². The number of carbonyl (C=O) groups is 2. The van der Waals surface area contributed by atoms with Gasteiger partial charge >= 0.3 is 0 Å². The average molecular weight is 480 g/mol. The van der Waals surface area contributed by atoms with Gasteiger partial charge in [-0.2, -0.15) is 8.42 Å². The van der Waals surface area contributed by atoms with Gasteiger partial charge in [0.05, 0.1) is 23.2 Å². The molecule has 1 atom stereocenters. The molecule has 1 aliphatic heterocycles. The van der Waals surface area contributed by atoms with Gasteiger partial charge in [-0.15, -0.1) is 22.7 Å². The van der Waals surface area contributed by atoms with E-state index in [1.807, 2.05) is 24.4 Å². The molecule has 0 bridgehead atoms. The first-order chi connectivity index (χ1) is 14.7. The predicted octanol–water partition coefficient (Wildman–Crippen LogP) is 2.80. The molecule has 1 aliphatic rings. The number of fused-ring (bicyclic) bond motifs is 1. The van der Waals surface area contributed by atoms with Crippen LogP contribution in [0.15, 0.2) is 40.1 Å². The van der Waals surface area contributed by atoms with Crippen molar-refractivity contribution in [3.8, 4) is 5.75 Å². The highest BCUT2D eigenvalue weighted by Crippen LogP contribution is 2.33. The van der Waals surface area contributed by atoms with E-state index in [1.54, 1.807) is 25.1 Å². The van der Waals surface area contributed by atoms with Gasteiger partial charge in [-0.25, -0.2) is 9.71 Å². The molecule has 164 valence electrons. The van der Waals surface area contributed by atoms with E-state index in [4.69, 9.17) is 4.74 Å². The van der Waals surface area contributed by atoms with Gasteiger partial charge in [-0.05, 0) is 49.9 Å². The minimum Gasteiger partial charge on any atom is -0.494 e. The molecule has 3 aromatic rings. The Balaban J connectivity index is 1.50. The average Bonchev–Trinajstić information content (AvgIpc) is 3.35. The number of ether oxygens (including phenoxy) is 1. The fraction of sp³-hybridized carbons (Fsp3) is 0.350. The molecule has 1 fully saturated rings. The van der Waals surface area contributed by atoms with Gasteiger partial charge in [0.25, 0.3) is 15.9 Å². The van der Waals surface area contributed by atoms with Crippen molar-refractivity contribution < 1.29 is 22.7 Å². The first-order valence-electron chi connectivity index (χ1n) is 9.66. The molecule has 0 radical (unpaired) electrons. The molecule has 11 heteroatoms. The molecule has 0 spiro atoms. The van der Waals surface area contributed by atoms with Crippen molar-refractivity contribution in [3.63, 3.8) is 0 Å². The number of amides is 2. The number of thiophene rings is 1. The number of nitrogens with one attached hydrogen (secondary N) is 1. The van der Waals surface area contributed by atoms with Crippen LogP contribution in [0.2, 0.25) is 0 Å². The zero-order valence-electron chi connectivity index (χ0n) is 17.0. The van der Waals surface area contributed by atoms with E-state index < -0.39 is 21.5 Å². The van der Waals surface area contributed by atoms with Crippen molar-refractivity contribution in [1.82, 2.24) is 14.6 Å². The largest absolute Gasteiger partial charge is 0.494 e. The van der Waals surface area contributed by atoms with Crippen LogP contribution in [0.3, 0.4) is 0 Å². The first kappa shape index (κ1) is 21.7. The second-order valence-electron chi connectivity index (χ2n) is 7.30. The summed E-state index contributed by atoms with van der Waals surface area (Å²) in [6.45, 7) is 4.35. The molecule has 8 nitrogen and oxygen atoms in total. The molecule has 1 saturated heterocycles. The zero-order chi connectivity index (χ0) is 22.2. The first-order valence-corrected chi connectivity index (χ1v) is 12.8. The molecule has 2 amide bonds. The highest BCUT2D eigenvalue weighted by molar-refractivity contribution is 7.92. The van der Waals surface area contributed by atoms with Crippen LogP contribution in [0, 0.1) is 0 Å². The summed E-state index contributed by atoms with van der Waals surface area (Å²) in [5.41, 5.74) is -0.705. The van der Waals surface area contributed by atoms with E-state index in [1.165, 1.54) is 16.2 Å². The maximum atomic E-state index is 12.9. The summed E-state index contributed by atoms with van der Waals surface area (Å²) in [4.78, 5) is 32.0. The highest BCUT2D eigenvalue weighted by Gasteiger charge is 2.50. The van der Waals surface area contributed by atoms with E-state index in [0.29, 0.717) is 35.5 Å². The maximum absolute atomic E-state index is 12.9. The quantitative estimate of drug-likeness (QED) is 0.559. The number of thiazole rings is 1. The number of hydrogen-bond acceptors (Lipinski definition) is 8. The summed E-state index contributed by atoms with van der Waals surface area (Å²) in [6, 6.07) is 8.82. The number of sulfonamides is 1. The van der Waals surface area contributed by atoms with Crippen LogP contribution < -0.4 is 9.46 Å². The Labute approximate surface area is 187 Å². The van der Waals surface area contributed by atoms with Crippen LogP contribution in [0.4, 0.5) is 0 Å². The summed E-state index contributed by atoms with van der Waals surface area (Å²) >= 11 is 2.42. The van der Waals surface area contributed by atoms with E-state index in [0.717, 1.165) is 16.2 Å². The van der Waals surface area contributed by atoms with Crippen molar-refractivity contribution in [2.24, 2.45) is 0 Å². The smallest absolute Gasteiger partial charge is 0.291 e. The third-order valence-corrected chi connectivity index (χ3v) is 8.82. The summed E-state index contributed by atoms with van der Waals surface area (Å²) in [5.74, 6) is -0.312. The van der Waals surface area contributed by atoms with E-state index in [2.05, 4.69) is 9.71 Å². The number of hydrogen-bond donors (Lipinski definition) is 1. The summed E-state index contributed by atoms with van der Waals surface area (Å²) in [5, 5.41) is 1.88. The number of nitrogens with zero attached hydrogens (tertiary/aromatic N) is 2. The van der Waals surface area contributed by atoms with Gasteiger partial charge in [0, 0.05) is 11.4 Å². The summed E-state index contributed by atoms with van der Waals surface area (Å²) in [6.07, 6.45) is 0.579. The fourth-order valence-electron chi connectivity index (χ4n) is 3.38. The third-order valence-electron chi connectivity index (χ3n) is 5.22. The monoisotopic (exact) mass is 479 g/mol. The number of benzene rings is 1. The Morgan fingerprint density at radius 2 is 2.13 bits per heavy atom. The molecule has 0 saturated carbocycles. The molecular formula is C20H21N3O5S3. The van der Waals surface area contributed by atoms with E-state index in [-0.39, 0.29) is 16.7 Å². The van der Waals surface area contributed by atoms with Crippen LogP contribution in [-0.4, -0.2) is 48.8 Å². The lowest BCUT2D eigenvalue weighted by Gasteiger charge is -2.48. The minimum absolute atomic E-state index is 0.188. The summed E-state index contributed by atoms with van der Waals surface area (Å²) in [7, 11) is -4.17. The minimum atomic E-state index is -4.17. The number of rotatable bonds is 7. The topological polar surface area (TPSA) is 106 Å². The second-order valence-corrected chi connectivity index (χ2v) is 11.2. The normalized spacial score (nSPS) is 18.6. The van der Waals surface area contributed by atoms with Gasteiger partial charge in [0.2, 0.25) is 10.2 Å². The van der Waals surface area contributed by atoms with Crippen molar-refractivity contribution >= 4 is 54.7 Å². The van der Waals surface area contributed by atoms with Gasteiger partial charge < -0.3 is 9.64 Å².